The predicted octanol–water partition coefficient (Wildman–Crippen LogP) is 0.839. The molecular formula is C7H10N2O3. The maximum Gasteiger partial charge on any atom is 0.407 e. The smallest absolute Gasteiger partial charge is 0.407 e. The number of carbonyl (C=O) groups is 1. The summed E-state index contributed by atoms with van der Waals surface area (Å²) < 4.78 is 9.46. The molecule has 12 heavy (non-hydrogen) atoms. The molecule has 1 rings (SSSR count). The molecule has 66 valence electrons. The molecule has 0 fully saturated rings. The fraction of sp³-hybridized carbons (Fsp3) is 0.429. The second-order valence-corrected chi connectivity index (χ2v) is 2.19. The van der Waals surface area contributed by atoms with Crippen molar-refractivity contribution in [2.45, 2.75) is 13.5 Å². The highest BCUT2D eigenvalue weighted by atomic mass is 16.5. The van der Waals surface area contributed by atoms with Crippen molar-refractivity contribution in [2.24, 2.45) is 0 Å². The number of oxazole rings is 1. The van der Waals surface area contributed by atoms with Crippen LogP contribution in [0, 0.1) is 6.92 Å². The molecule has 0 aliphatic rings. The lowest BCUT2D eigenvalue weighted by Gasteiger charge is -1.98. The van der Waals surface area contributed by atoms with Crippen LogP contribution in [0.2, 0.25) is 0 Å². The van der Waals surface area contributed by atoms with Crippen molar-refractivity contribution < 1.29 is 13.9 Å². The normalized spacial score (nSPS) is 9.50. The molecule has 0 unspecified atom stereocenters. The number of carbonyl (C=O) groups excluding carboxylic acids is 1. The minimum absolute atomic E-state index is 0.299. The number of hydrogen-bond acceptors (Lipinski definition) is 4. The maximum absolute atomic E-state index is 10.6. The van der Waals surface area contributed by atoms with Crippen LogP contribution in [-0.2, 0) is 11.3 Å². The second-order valence-electron chi connectivity index (χ2n) is 2.19. The molecule has 0 saturated heterocycles. The summed E-state index contributed by atoms with van der Waals surface area (Å²) in [7, 11) is 1.31. The summed E-state index contributed by atoms with van der Waals surface area (Å²) in [6.07, 6.45) is 1.08. The van der Waals surface area contributed by atoms with E-state index in [0.29, 0.717) is 18.2 Å². The third kappa shape index (κ3) is 2.26. The van der Waals surface area contributed by atoms with Gasteiger partial charge in [-0.2, -0.15) is 0 Å². The number of nitrogens with one attached hydrogen (secondary N) is 1. The van der Waals surface area contributed by atoms with Gasteiger partial charge in [0.1, 0.15) is 5.76 Å². The van der Waals surface area contributed by atoms with Gasteiger partial charge in [0.2, 0.25) is 0 Å². The summed E-state index contributed by atoms with van der Waals surface area (Å²) in [4.78, 5) is 14.5. The molecule has 0 atom stereocenters. The molecule has 0 saturated carbocycles. The van der Waals surface area contributed by atoms with Crippen molar-refractivity contribution in [3.05, 3.63) is 17.8 Å². The molecule has 1 N–H and O–H groups in total. The van der Waals surface area contributed by atoms with E-state index in [1.807, 2.05) is 0 Å². The Balaban J connectivity index is 2.38. The first-order valence-electron chi connectivity index (χ1n) is 3.45. The minimum Gasteiger partial charge on any atom is -0.453 e. The number of amides is 1. The van der Waals surface area contributed by atoms with Crippen LogP contribution in [0.5, 0.6) is 0 Å². The molecule has 0 radical (unpaired) electrons. The van der Waals surface area contributed by atoms with E-state index in [2.05, 4.69) is 15.0 Å². The highest BCUT2D eigenvalue weighted by molar-refractivity contribution is 5.66. The molecule has 0 aromatic carbocycles. The van der Waals surface area contributed by atoms with Crippen molar-refractivity contribution in [1.82, 2.24) is 10.3 Å². The lowest BCUT2D eigenvalue weighted by molar-refractivity contribution is 0.169. The summed E-state index contributed by atoms with van der Waals surface area (Å²) in [5, 5.41) is 2.47. The summed E-state index contributed by atoms with van der Waals surface area (Å²) in [6.45, 7) is 2.04. The van der Waals surface area contributed by atoms with E-state index in [-0.39, 0.29) is 0 Å². The average molecular weight is 170 g/mol. The molecule has 0 bridgehead atoms. The van der Waals surface area contributed by atoms with Gasteiger partial charge >= 0.3 is 6.09 Å². The number of aromatic nitrogens is 1. The van der Waals surface area contributed by atoms with Gasteiger partial charge in [0.15, 0.2) is 5.89 Å². The second kappa shape index (κ2) is 3.75. The van der Waals surface area contributed by atoms with Crippen molar-refractivity contribution in [1.29, 1.82) is 0 Å². The standard InChI is InChI=1S/C7H10N2O3/c1-5-8-3-6(12-5)4-9-7(10)11-2/h3H,4H2,1-2H3,(H,9,10). The zero-order valence-corrected chi connectivity index (χ0v) is 6.96. The highest BCUT2D eigenvalue weighted by Gasteiger charge is 2.02. The Kier molecular flexibility index (Phi) is 2.68. The highest BCUT2D eigenvalue weighted by Crippen LogP contribution is 2.00. The molecule has 1 amide bonds. The van der Waals surface area contributed by atoms with Gasteiger partial charge in [0.05, 0.1) is 19.9 Å². The fourth-order valence-corrected chi connectivity index (χ4v) is 0.719. The number of methoxy groups -OCH3 is 1. The Morgan fingerprint density at radius 2 is 2.58 bits per heavy atom. The van der Waals surface area contributed by atoms with Gasteiger partial charge in [-0.05, 0) is 0 Å². The Morgan fingerprint density at radius 1 is 1.83 bits per heavy atom. The van der Waals surface area contributed by atoms with Gasteiger partial charge in [0, 0.05) is 6.92 Å². The number of hydrogen-bond donors (Lipinski definition) is 1. The zero-order valence-electron chi connectivity index (χ0n) is 6.96. The molecule has 0 aliphatic carbocycles. The molecule has 1 heterocycles. The molecule has 1 aromatic heterocycles. The van der Waals surface area contributed by atoms with Crippen LogP contribution in [0.25, 0.3) is 0 Å². The van der Waals surface area contributed by atoms with E-state index in [0.717, 1.165) is 0 Å². The Labute approximate surface area is 69.7 Å². The van der Waals surface area contributed by atoms with E-state index in [1.165, 1.54) is 7.11 Å². The van der Waals surface area contributed by atoms with Crippen LogP contribution in [0.15, 0.2) is 10.6 Å². The first kappa shape index (κ1) is 8.58. The van der Waals surface area contributed by atoms with Crippen molar-refractivity contribution in [2.75, 3.05) is 7.11 Å². The minimum atomic E-state index is -0.482. The number of nitrogens with zero attached hydrogens (tertiary/aromatic N) is 1. The molecule has 5 heteroatoms. The zero-order chi connectivity index (χ0) is 8.97. The molecule has 1 aromatic rings. The molecule has 0 aliphatic heterocycles. The van der Waals surface area contributed by atoms with E-state index in [9.17, 15) is 4.79 Å². The van der Waals surface area contributed by atoms with Gasteiger partial charge < -0.3 is 14.5 Å². The molecule has 0 spiro atoms. The number of rotatable bonds is 2. The van der Waals surface area contributed by atoms with Crippen molar-refractivity contribution in [3.63, 3.8) is 0 Å². The van der Waals surface area contributed by atoms with Gasteiger partial charge in [-0.1, -0.05) is 0 Å². The van der Waals surface area contributed by atoms with Gasteiger partial charge in [-0.3, -0.25) is 0 Å². The summed E-state index contributed by atoms with van der Waals surface area (Å²) in [6, 6.07) is 0. The van der Waals surface area contributed by atoms with Crippen LogP contribution >= 0.6 is 0 Å². The molecule has 5 nitrogen and oxygen atoms in total. The lowest BCUT2D eigenvalue weighted by atomic mass is 10.5. The third-order valence-corrected chi connectivity index (χ3v) is 1.26. The number of alkyl carbamates (subject to hydrolysis) is 1. The quantitative estimate of drug-likeness (QED) is 0.714. The predicted molar refractivity (Wildman–Crippen MR) is 40.5 cm³/mol. The van der Waals surface area contributed by atoms with Crippen molar-refractivity contribution in [3.8, 4) is 0 Å². The van der Waals surface area contributed by atoms with Crippen LogP contribution in [0.3, 0.4) is 0 Å². The number of ether oxygens (including phenoxy) is 1. The third-order valence-electron chi connectivity index (χ3n) is 1.26. The molecular weight excluding hydrogens is 160 g/mol. The summed E-state index contributed by atoms with van der Waals surface area (Å²) in [5.74, 6) is 1.19. The first-order chi connectivity index (χ1) is 5.72. The average Bonchev–Trinajstić information content (AvgIpc) is 2.47. The van der Waals surface area contributed by atoms with E-state index >= 15 is 0 Å². The Hall–Kier alpha value is -1.52. The van der Waals surface area contributed by atoms with E-state index in [4.69, 9.17) is 4.42 Å². The van der Waals surface area contributed by atoms with Crippen LogP contribution in [0.1, 0.15) is 11.7 Å². The maximum atomic E-state index is 10.6. The SMILES string of the molecule is COC(=O)NCc1cnc(C)o1. The summed E-state index contributed by atoms with van der Waals surface area (Å²) in [5.41, 5.74) is 0. The topological polar surface area (TPSA) is 64.4 Å². The van der Waals surface area contributed by atoms with E-state index < -0.39 is 6.09 Å². The fourth-order valence-electron chi connectivity index (χ4n) is 0.719. The monoisotopic (exact) mass is 170 g/mol. The summed E-state index contributed by atoms with van der Waals surface area (Å²) >= 11 is 0. The Morgan fingerprint density at radius 3 is 3.08 bits per heavy atom. The van der Waals surface area contributed by atoms with Crippen LogP contribution in [0.4, 0.5) is 4.79 Å². The largest absolute Gasteiger partial charge is 0.453 e. The van der Waals surface area contributed by atoms with Gasteiger partial charge in [-0.25, -0.2) is 9.78 Å². The van der Waals surface area contributed by atoms with Crippen LogP contribution < -0.4 is 5.32 Å². The van der Waals surface area contributed by atoms with E-state index in [1.54, 1.807) is 13.1 Å². The van der Waals surface area contributed by atoms with Gasteiger partial charge in [-0.15, -0.1) is 0 Å². The first-order valence-corrected chi connectivity index (χ1v) is 3.45. The van der Waals surface area contributed by atoms with Crippen molar-refractivity contribution >= 4 is 6.09 Å². The van der Waals surface area contributed by atoms with Crippen LogP contribution in [-0.4, -0.2) is 18.2 Å². The lowest BCUT2D eigenvalue weighted by Crippen LogP contribution is -2.21. The number of aryl methyl sites for hydroxylation is 1. The Bertz CT molecular complexity index is 269. The van der Waals surface area contributed by atoms with Gasteiger partial charge in [0.25, 0.3) is 0 Å².